The normalized spacial score (nSPS) is 15.2. The van der Waals surface area contributed by atoms with Crippen LogP contribution in [0.5, 0.6) is 0 Å². The summed E-state index contributed by atoms with van der Waals surface area (Å²) in [5.74, 6) is -2.93. The van der Waals surface area contributed by atoms with Crippen LogP contribution in [0.3, 0.4) is 0 Å². The first-order valence-corrected chi connectivity index (χ1v) is 10.3. The van der Waals surface area contributed by atoms with E-state index in [0.717, 1.165) is 32.0 Å². The third-order valence-corrected chi connectivity index (χ3v) is 4.87. The Hall–Kier alpha value is -2.17. The van der Waals surface area contributed by atoms with Gasteiger partial charge in [-0.2, -0.15) is 13.2 Å². The zero-order chi connectivity index (χ0) is 24.5. The van der Waals surface area contributed by atoms with Crippen LogP contribution in [0.4, 0.5) is 17.6 Å². The highest BCUT2D eigenvalue weighted by atomic mass is 35.5. The highest BCUT2D eigenvalue weighted by molar-refractivity contribution is 6.30. The molecular weight excluding hydrogens is 456 g/mol. The number of nitrogens with one attached hydrogen (secondary N) is 1. The van der Waals surface area contributed by atoms with Gasteiger partial charge < -0.3 is 15.5 Å². The van der Waals surface area contributed by atoms with Gasteiger partial charge in [-0.3, -0.25) is 4.90 Å². The molecule has 1 fully saturated rings. The number of carboxylic acid groups (broad SMARTS) is 2. The summed E-state index contributed by atoms with van der Waals surface area (Å²) in [4.78, 5) is 21.2. The lowest BCUT2D eigenvalue weighted by Crippen LogP contribution is -2.44. The maximum Gasteiger partial charge on any atom is 0.416 e. The maximum atomic E-state index is 14.3. The van der Waals surface area contributed by atoms with Crippen molar-refractivity contribution in [1.82, 2.24) is 10.2 Å². The van der Waals surface area contributed by atoms with E-state index in [0.29, 0.717) is 30.7 Å². The van der Waals surface area contributed by atoms with Crippen molar-refractivity contribution >= 4 is 23.5 Å². The van der Waals surface area contributed by atoms with E-state index in [1.165, 1.54) is 0 Å². The Morgan fingerprint density at radius 2 is 1.72 bits per heavy atom. The second kappa shape index (κ2) is 12.8. The van der Waals surface area contributed by atoms with Gasteiger partial charge in [0.2, 0.25) is 0 Å². The first kappa shape index (κ1) is 27.9. The molecule has 2 rings (SSSR count). The van der Waals surface area contributed by atoms with Crippen LogP contribution in [0.15, 0.2) is 24.3 Å². The highest BCUT2D eigenvalue weighted by Crippen LogP contribution is 2.34. The van der Waals surface area contributed by atoms with Crippen LogP contribution < -0.4 is 5.32 Å². The van der Waals surface area contributed by atoms with Crippen LogP contribution in [-0.4, -0.2) is 52.7 Å². The van der Waals surface area contributed by atoms with Crippen LogP contribution in [0.1, 0.15) is 37.8 Å². The second-order valence-electron chi connectivity index (χ2n) is 7.74. The number of piperidine rings is 1. The molecule has 180 valence electrons. The van der Waals surface area contributed by atoms with Gasteiger partial charge in [0.25, 0.3) is 0 Å². The van der Waals surface area contributed by atoms with E-state index in [1.54, 1.807) is 0 Å². The summed E-state index contributed by atoms with van der Waals surface area (Å²) in [6.07, 6.45) is -1.61. The molecular formula is C21H27ClF4N2O4. The van der Waals surface area contributed by atoms with Crippen molar-refractivity contribution in [3.63, 3.8) is 0 Å². The average Bonchev–Trinajstić information content (AvgIpc) is 2.69. The predicted octanol–water partition coefficient (Wildman–Crippen LogP) is 4.42. The Balaban J connectivity index is 0.000000547. The molecule has 1 aromatic carbocycles. The van der Waals surface area contributed by atoms with Gasteiger partial charge in [-0.05, 0) is 44.0 Å². The summed E-state index contributed by atoms with van der Waals surface area (Å²) < 4.78 is 53.2. The number of nitrogens with zero attached hydrogens (tertiary/aromatic N) is 1. The first-order chi connectivity index (χ1) is 14.8. The van der Waals surface area contributed by atoms with E-state index in [9.17, 15) is 27.2 Å². The molecule has 1 aliphatic rings. The fourth-order valence-electron chi connectivity index (χ4n) is 3.27. The van der Waals surface area contributed by atoms with Crippen molar-refractivity contribution in [2.45, 2.75) is 45.5 Å². The molecule has 0 spiro atoms. The van der Waals surface area contributed by atoms with Crippen molar-refractivity contribution in [3.8, 4) is 0 Å². The lowest BCUT2D eigenvalue weighted by atomic mass is 10.0. The standard InChI is InChI=1S/C17H23ClF4N2.C4H4O4/c1-11(2)9-24(14-3-5-23-6-4-14)10-12-7-13(17(20,21)22)8-15(18)16(12)19;5-3(6)1-2-4(7)8/h7-8,11,14,23H,3-6,9-10H2,1-2H3;1-2H,(H,5,6)(H,7,8)/b;2-1+. The summed E-state index contributed by atoms with van der Waals surface area (Å²) >= 11 is 5.70. The number of hydrogen-bond acceptors (Lipinski definition) is 4. The van der Waals surface area contributed by atoms with Crippen molar-refractivity contribution in [3.05, 3.63) is 46.3 Å². The summed E-state index contributed by atoms with van der Waals surface area (Å²) in [7, 11) is 0. The SMILES string of the molecule is CC(C)CN(Cc1cc(C(F)(F)F)cc(Cl)c1F)C1CCNCC1.O=C(O)/C=C/C(=O)O. The monoisotopic (exact) mass is 482 g/mol. The molecule has 0 aliphatic carbocycles. The maximum absolute atomic E-state index is 14.3. The number of aliphatic carboxylic acids is 2. The molecule has 0 aromatic heterocycles. The lowest BCUT2D eigenvalue weighted by Gasteiger charge is -2.36. The minimum atomic E-state index is -4.54. The molecule has 11 heteroatoms. The molecule has 1 aromatic rings. The van der Waals surface area contributed by atoms with Crippen molar-refractivity contribution in [2.24, 2.45) is 5.92 Å². The molecule has 0 radical (unpaired) electrons. The summed E-state index contributed by atoms with van der Waals surface area (Å²) in [6.45, 7) is 6.67. The Morgan fingerprint density at radius 3 is 2.16 bits per heavy atom. The zero-order valence-electron chi connectivity index (χ0n) is 17.8. The Bertz CT molecular complexity index is 794. The van der Waals surface area contributed by atoms with Gasteiger partial charge in [-0.25, -0.2) is 14.0 Å². The van der Waals surface area contributed by atoms with E-state index in [1.807, 2.05) is 13.8 Å². The molecule has 0 bridgehead atoms. The molecule has 0 unspecified atom stereocenters. The van der Waals surface area contributed by atoms with Gasteiger partial charge in [-0.15, -0.1) is 0 Å². The van der Waals surface area contributed by atoms with Crippen LogP contribution >= 0.6 is 11.6 Å². The molecule has 6 nitrogen and oxygen atoms in total. The van der Waals surface area contributed by atoms with Gasteiger partial charge in [0.1, 0.15) is 5.82 Å². The van der Waals surface area contributed by atoms with E-state index in [4.69, 9.17) is 21.8 Å². The number of halogens is 5. The largest absolute Gasteiger partial charge is 0.478 e. The van der Waals surface area contributed by atoms with E-state index >= 15 is 0 Å². The molecule has 1 aliphatic heterocycles. The third-order valence-electron chi connectivity index (χ3n) is 4.60. The van der Waals surface area contributed by atoms with Gasteiger partial charge >= 0.3 is 18.1 Å². The fourth-order valence-corrected chi connectivity index (χ4v) is 3.51. The molecule has 32 heavy (non-hydrogen) atoms. The van der Waals surface area contributed by atoms with Crippen LogP contribution in [-0.2, 0) is 22.3 Å². The lowest BCUT2D eigenvalue weighted by molar-refractivity contribution is -0.137. The van der Waals surface area contributed by atoms with Gasteiger partial charge in [0.15, 0.2) is 0 Å². The highest BCUT2D eigenvalue weighted by Gasteiger charge is 2.33. The summed E-state index contributed by atoms with van der Waals surface area (Å²) in [6, 6.07) is 1.77. The smallest absolute Gasteiger partial charge is 0.416 e. The van der Waals surface area contributed by atoms with Gasteiger partial charge in [-0.1, -0.05) is 25.4 Å². The van der Waals surface area contributed by atoms with E-state index in [-0.39, 0.29) is 18.2 Å². The Labute approximate surface area is 188 Å². The number of carboxylic acids is 2. The quantitative estimate of drug-likeness (QED) is 0.394. The topological polar surface area (TPSA) is 89.9 Å². The minimum absolute atomic E-state index is 0.00834. The summed E-state index contributed by atoms with van der Waals surface area (Å²) in [5, 5.41) is 18.4. The van der Waals surface area contributed by atoms with Gasteiger partial charge in [0, 0.05) is 36.8 Å². The summed E-state index contributed by atoms with van der Waals surface area (Å²) in [5.41, 5.74) is -0.896. The molecule has 3 N–H and O–H groups in total. The van der Waals surface area contributed by atoms with Crippen LogP contribution in [0.2, 0.25) is 5.02 Å². The van der Waals surface area contributed by atoms with Crippen LogP contribution in [0.25, 0.3) is 0 Å². The number of rotatable bonds is 7. The van der Waals surface area contributed by atoms with E-state index in [2.05, 4.69) is 10.2 Å². The second-order valence-corrected chi connectivity index (χ2v) is 8.15. The third kappa shape index (κ3) is 9.97. The Kier molecular flexibility index (Phi) is 11.1. The average molecular weight is 483 g/mol. The molecule has 1 saturated heterocycles. The van der Waals surface area contributed by atoms with Crippen LogP contribution in [0, 0.1) is 11.7 Å². The number of hydrogen-bond donors (Lipinski definition) is 3. The van der Waals surface area contributed by atoms with E-state index < -0.39 is 34.5 Å². The van der Waals surface area contributed by atoms with Crippen molar-refractivity contribution in [2.75, 3.05) is 19.6 Å². The van der Waals surface area contributed by atoms with Gasteiger partial charge in [0.05, 0.1) is 10.6 Å². The first-order valence-electron chi connectivity index (χ1n) is 9.95. The fraction of sp³-hybridized carbons (Fsp3) is 0.524. The number of benzene rings is 1. The number of carbonyl (C=O) groups is 2. The molecule has 0 saturated carbocycles. The van der Waals surface area contributed by atoms with Crippen molar-refractivity contribution < 1.29 is 37.4 Å². The minimum Gasteiger partial charge on any atom is -0.478 e. The van der Waals surface area contributed by atoms with Crippen molar-refractivity contribution in [1.29, 1.82) is 0 Å². The molecule has 0 amide bonds. The molecule has 0 atom stereocenters. The zero-order valence-corrected chi connectivity index (χ0v) is 18.5. The number of alkyl halides is 3. The molecule has 1 heterocycles. The Morgan fingerprint density at radius 1 is 1.19 bits per heavy atom. The predicted molar refractivity (Wildman–Crippen MR) is 112 cm³/mol.